The Morgan fingerprint density at radius 2 is 1.95 bits per heavy atom. The summed E-state index contributed by atoms with van der Waals surface area (Å²) in [6.45, 7) is 3.18. The SMILES string of the molecule is CC1CCC(N(C)C(=O)CN2CCSCC2C(=O)O)CC1. The number of carbonyl (C=O) groups excluding carboxylic acids is 1. The van der Waals surface area contributed by atoms with Gasteiger partial charge in [-0.2, -0.15) is 11.8 Å². The molecular weight excluding hydrogens is 288 g/mol. The van der Waals surface area contributed by atoms with Crippen molar-refractivity contribution in [2.24, 2.45) is 5.92 Å². The van der Waals surface area contributed by atoms with E-state index >= 15 is 0 Å². The van der Waals surface area contributed by atoms with Crippen LogP contribution in [0.3, 0.4) is 0 Å². The van der Waals surface area contributed by atoms with Crippen molar-refractivity contribution >= 4 is 23.6 Å². The van der Waals surface area contributed by atoms with Crippen molar-refractivity contribution in [3.8, 4) is 0 Å². The van der Waals surface area contributed by atoms with Gasteiger partial charge in [0.2, 0.25) is 5.91 Å². The molecule has 6 heteroatoms. The summed E-state index contributed by atoms with van der Waals surface area (Å²) in [4.78, 5) is 27.4. The minimum Gasteiger partial charge on any atom is -0.480 e. The van der Waals surface area contributed by atoms with Gasteiger partial charge in [0.15, 0.2) is 0 Å². The average Bonchev–Trinajstić information content (AvgIpc) is 2.47. The molecule has 120 valence electrons. The number of hydrogen-bond acceptors (Lipinski definition) is 4. The Bertz CT molecular complexity index is 383. The van der Waals surface area contributed by atoms with Gasteiger partial charge in [0.05, 0.1) is 6.54 Å². The Labute approximate surface area is 131 Å². The zero-order valence-electron chi connectivity index (χ0n) is 13.0. The number of amides is 1. The van der Waals surface area contributed by atoms with Gasteiger partial charge in [-0.1, -0.05) is 6.92 Å². The Hall–Kier alpha value is -0.750. The van der Waals surface area contributed by atoms with Crippen LogP contribution in [0.1, 0.15) is 32.6 Å². The fourth-order valence-electron chi connectivity index (χ4n) is 3.17. The van der Waals surface area contributed by atoms with E-state index in [0.29, 0.717) is 18.3 Å². The first kappa shape index (κ1) is 16.6. The molecule has 1 N–H and O–H groups in total. The monoisotopic (exact) mass is 314 g/mol. The van der Waals surface area contributed by atoms with Gasteiger partial charge in [0.1, 0.15) is 6.04 Å². The van der Waals surface area contributed by atoms with Crippen LogP contribution in [0.15, 0.2) is 0 Å². The van der Waals surface area contributed by atoms with E-state index in [2.05, 4.69) is 6.92 Å². The number of thioether (sulfide) groups is 1. The predicted octanol–water partition coefficient (Wildman–Crippen LogP) is 1.53. The van der Waals surface area contributed by atoms with Crippen LogP contribution >= 0.6 is 11.8 Å². The van der Waals surface area contributed by atoms with Crippen LogP contribution in [0.2, 0.25) is 0 Å². The number of carbonyl (C=O) groups is 2. The number of aliphatic carboxylic acids is 1. The lowest BCUT2D eigenvalue weighted by molar-refractivity contribution is -0.144. The predicted molar refractivity (Wildman–Crippen MR) is 84.5 cm³/mol. The summed E-state index contributed by atoms with van der Waals surface area (Å²) in [5, 5.41) is 9.26. The Kier molecular flexibility index (Phi) is 5.93. The summed E-state index contributed by atoms with van der Waals surface area (Å²) in [6.07, 6.45) is 4.50. The standard InChI is InChI=1S/C15H26N2O3S/c1-11-3-5-12(6-4-11)16(2)14(18)9-17-7-8-21-10-13(17)15(19)20/h11-13H,3-10H2,1-2H3,(H,19,20). The molecular formula is C15H26N2O3S. The lowest BCUT2D eigenvalue weighted by atomic mass is 9.87. The molecule has 1 aliphatic carbocycles. The highest BCUT2D eigenvalue weighted by molar-refractivity contribution is 7.99. The molecule has 0 radical (unpaired) electrons. The lowest BCUT2D eigenvalue weighted by Crippen LogP contribution is -2.52. The molecule has 1 aliphatic heterocycles. The van der Waals surface area contributed by atoms with Gasteiger partial charge >= 0.3 is 5.97 Å². The zero-order chi connectivity index (χ0) is 15.4. The van der Waals surface area contributed by atoms with Gasteiger partial charge in [0.25, 0.3) is 0 Å². The molecule has 0 bridgehead atoms. The third-order valence-electron chi connectivity index (χ3n) is 4.79. The topological polar surface area (TPSA) is 60.9 Å². The molecule has 0 aromatic heterocycles. The first-order valence-electron chi connectivity index (χ1n) is 7.79. The van der Waals surface area contributed by atoms with Crippen molar-refractivity contribution in [3.63, 3.8) is 0 Å². The first-order chi connectivity index (χ1) is 9.99. The third kappa shape index (κ3) is 4.36. The summed E-state index contributed by atoms with van der Waals surface area (Å²) in [5.74, 6) is 1.49. The Balaban J connectivity index is 1.88. The van der Waals surface area contributed by atoms with Crippen LogP contribution in [-0.2, 0) is 9.59 Å². The molecule has 1 heterocycles. The van der Waals surface area contributed by atoms with E-state index in [4.69, 9.17) is 0 Å². The Morgan fingerprint density at radius 1 is 1.29 bits per heavy atom. The van der Waals surface area contributed by atoms with Crippen LogP contribution in [0, 0.1) is 5.92 Å². The first-order valence-corrected chi connectivity index (χ1v) is 8.94. The summed E-state index contributed by atoms with van der Waals surface area (Å²) in [7, 11) is 1.87. The summed E-state index contributed by atoms with van der Waals surface area (Å²) >= 11 is 1.65. The average molecular weight is 314 g/mol. The summed E-state index contributed by atoms with van der Waals surface area (Å²) < 4.78 is 0. The van der Waals surface area contributed by atoms with E-state index in [9.17, 15) is 14.7 Å². The highest BCUT2D eigenvalue weighted by Gasteiger charge is 2.32. The van der Waals surface area contributed by atoms with Gasteiger partial charge in [0, 0.05) is 31.1 Å². The molecule has 1 unspecified atom stereocenters. The van der Waals surface area contributed by atoms with E-state index in [-0.39, 0.29) is 12.5 Å². The molecule has 1 saturated carbocycles. The highest BCUT2D eigenvalue weighted by Crippen LogP contribution is 2.26. The molecule has 1 amide bonds. The van der Waals surface area contributed by atoms with E-state index in [1.54, 1.807) is 11.8 Å². The van der Waals surface area contributed by atoms with E-state index in [1.807, 2.05) is 16.8 Å². The van der Waals surface area contributed by atoms with Crippen molar-refractivity contribution < 1.29 is 14.7 Å². The number of hydrogen-bond donors (Lipinski definition) is 1. The molecule has 2 fully saturated rings. The number of nitrogens with zero attached hydrogens (tertiary/aromatic N) is 2. The molecule has 5 nitrogen and oxygen atoms in total. The van der Waals surface area contributed by atoms with Gasteiger partial charge < -0.3 is 10.0 Å². The number of carboxylic acids is 1. The maximum atomic E-state index is 12.4. The zero-order valence-corrected chi connectivity index (χ0v) is 13.8. The largest absolute Gasteiger partial charge is 0.480 e. The fourth-order valence-corrected chi connectivity index (χ4v) is 4.28. The third-order valence-corrected chi connectivity index (χ3v) is 5.81. The number of rotatable bonds is 4. The minimum atomic E-state index is -0.816. The molecule has 0 aromatic rings. The van der Waals surface area contributed by atoms with Gasteiger partial charge in [-0.15, -0.1) is 0 Å². The second-order valence-electron chi connectivity index (χ2n) is 6.32. The highest BCUT2D eigenvalue weighted by atomic mass is 32.2. The van der Waals surface area contributed by atoms with Crippen LogP contribution in [0.4, 0.5) is 0 Å². The second-order valence-corrected chi connectivity index (χ2v) is 7.47. The molecule has 1 saturated heterocycles. The molecule has 0 spiro atoms. The normalized spacial score (nSPS) is 30.9. The maximum absolute atomic E-state index is 12.4. The molecule has 2 rings (SSSR count). The molecule has 21 heavy (non-hydrogen) atoms. The van der Waals surface area contributed by atoms with Crippen molar-refractivity contribution in [1.82, 2.24) is 9.80 Å². The fraction of sp³-hybridized carbons (Fsp3) is 0.867. The van der Waals surface area contributed by atoms with Crippen molar-refractivity contribution in [2.75, 3.05) is 31.6 Å². The smallest absolute Gasteiger partial charge is 0.321 e. The van der Waals surface area contributed by atoms with Crippen molar-refractivity contribution in [1.29, 1.82) is 0 Å². The quantitative estimate of drug-likeness (QED) is 0.852. The van der Waals surface area contributed by atoms with E-state index in [1.165, 1.54) is 12.8 Å². The van der Waals surface area contributed by atoms with E-state index in [0.717, 1.165) is 24.5 Å². The van der Waals surface area contributed by atoms with Crippen LogP contribution in [0.5, 0.6) is 0 Å². The van der Waals surface area contributed by atoms with Crippen molar-refractivity contribution in [3.05, 3.63) is 0 Å². The van der Waals surface area contributed by atoms with Gasteiger partial charge in [-0.25, -0.2) is 0 Å². The molecule has 1 atom stereocenters. The van der Waals surface area contributed by atoms with E-state index < -0.39 is 12.0 Å². The number of likely N-dealkylation sites (N-methyl/N-ethyl adjacent to an activating group) is 1. The van der Waals surface area contributed by atoms with Gasteiger partial charge in [-0.3, -0.25) is 14.5 Å². The van der Waals surface area contributed by atoms with Crippen LogP contribution in [-0.4, -0.2) is 70.5 Å². The lowest BCUT2D eigenvalue weighted by Gasteiger charge is -2.37. The van der Waals surface area contributed by atoms with Crippen LogP contribution < -0.4 is 0 Å². The van der Waals surface area contributed by atoms with Crippen molar-refractivity contribution in [2.45, 2.75) is 44.7 Å². The Morgan fingerprint density at radius 3 is 2.57 bits per heavy atom. The summed E-state index contributed by atoms with van der Waals surface area (Å²) in [6, 6.07) is -0.191. The maximum Gasteiger partial charge on any atom is 0.321 e. The molecule has 2 aliphatic rings. The molecule has 0 aromatic carbocycles. The summed E-state index contributed by atoms with van der Waals surface area (Å²) in [5.41, 5.74) is 0. The second kappa shape index (κ2) is 7.49. The van der Waals surface area contributed by atoms with Gasteiger partial charge in [-0.05, 0) is 31.6 Å². The number of carboxylic acid groups (broad SMARTS) is 1. The van der Waals surface area contributed by atoms with Crippen LogP contribution in [0.25, 0.3) is 0 Å². The minimum absolute atomic E-state index is 0.0627.